The molecule has 2 amide bonds. The fourth-order valence-electron chi connectivity index (χ4n) is 2.47. The molecule has 2 aromatic carbocycles. The molecule has 0 aliphatic carbocycles. The SMILES string of the molecule is CCOc1ccc(NC(=O)C/C(C)=N\NC(=O)c2ccc(OC)c(OC)c2)cc1. The number of benzene rings is 2. The number of methoxy groups -OCH3 is 2. The molecular formula is C21H25N3O5. The second-order valence-corrected chi connectivity index (χ2v) is 6.04. The lowest BCUT2D eigenvalue weighted by Crippen LogP contribution is -2.21. The van der Waals surface area contributed by atoms with Crippen LogP contribution in [0.5, 0.6) is 17.2 Å². The highest BCUT2D eigenvalue weighted by atomic mass is 16.5. The van der Waals surface area contributed by atoms with Crippen LogP contribution in [0.25, 0.3) is 0 Å². The van der Waals surface area contributed by atoms with E-state index >= 15 is 0 Å². The summed E-state index contributed by atoms with van der Waals surface area (Å²) >= 11 is 0. The molecule has 2 rings (SSSR count). The summed E-state index contributed by atoms with van der Waals surface area (Å²) in [6.45, 7) is 4.14. The van der Waals surface area contributed by atoms with Crippen LogP contribution in [-0.2, 0) is 4.79 Å². The van der Waals surface area contributed by atoms with Gasteiger partial charge in [0.05, 0.1) is 27.2 Å². The van der Waals surface area contributed by atoms with Crippen LogP contribution in [0.15, 0.2) is 47.6 Å². The molecule has 29 heavy (non-hydrogen) atoms. The maximum Gasteiger partial charge on any atom is 0.271 e. The standard InChI is InChI=1S/C21H25N3O5/c1-5-29-17-9-7-16(8-10-17)22-20(25)12-14(2)23-24-21(26)15-6-11-18(27-3)19(13-15)28-4/h6-11,13H,5,12H2,1-4H3,(H,22,25)(H,24,26)/b23-14-. The van der Waals surface area contributed by atoms with Crippen molar-refractivity contribution in [3.8, 4) is 17.2 Å². The Morgan fingerprint density at radius 1 is 1.00 bits per heavy atom. The first-order valence-corrected chi connectivity index (χ1v) is 9.05. The van der Waals surface area contributed by atoms with Crippen molar-refractivity contribution in [3.05, 3.63) is 48.0 Å². The van der Waals surface area contributed by atoms with Gasteiger partial charge in [-0.3, -0.25) is 9.59 Å². The Bertz CT molecular complexity index is 878. The van der Waals surface area contributed by atoms with Crippen LogP contribution in [0.3, 0.4) is 0 Å². The summed E-state index contributed by atoms with van der Waals surface area (Å²) in [5.41, 5.74) is 3.91. The molecule has 8 nitrogen and oxygen atoms in total. The zero-order valence-corrected chi connectivity index (χ0v) is 16.9. The lowest BCUT2D eigenvalue weighted by atomic mass is 10.2. The van der Waals surface area contributed by atoms with Crippen molar-refractivity contribution in [2.24, 2.45) is 5.10 Å². The van der Waals surface area contributed by atoms with Gasteiger partial charge in [-0.05, 0) is 56.3 Å². The molecule has 0 aromatic heterocycles. The van der Waals surface area contributed by atoms with E-state index in [1.807, 2.05) is 6.92 Å². The van der Waals surface area contributed by atoms with Crippen molar-refractivity contribution >= 4 is 23.2 Å². The van der Waals surface area contributed by atoms with E-state index in [1.54, 1.807) is 49.4 Å². The molecule has 2 N–H and O–H groups in total. The maximum absolute atomic E-state index is 12.3. The molecule has 0 bridgehead atoms. The van der Waals surface area contributed by atoms with E-state index in [-0.39, 0.29) is 12.3 Å². The van der Waals surface area contributed by atoms with Gasteiger partial charge in [0, 0.05) is 17.0 Å². The average Bonchev–Trinajstić information content (AvgIpc) is 2.73. The highest BCUT2D eigenvalue weighted by Crippen LogP contribution is 2.27. The van der Waals surface area contributed by atoms with Gasteiger partial charge in [-0.25, -0.2) is 5.43 Å². The first-order chi connectivity index (χ1) is 14.0. The predicted molar refractivity (Wildman–Crippen MR) is 111 cm³/mol. The number of amides is 2. The number of hydrogen-bond donors (Lipinski definition) is 2. The predicted octanol–water partition coefficient (Wildman–Crippen LogP) is 3.24. The van der Waals surface area contributed by atoms with Gasteiger partial charge in [0.15, 0.2) is 11.5 Å². The van der Waals surface area contributed by atoms with Crippen LogP contribution < -0.4 is 25.0 Å². The van der Waals surface area contributed by atoms with E-state index in [1.165, 1.54) is 14.2 Å². The summed E-state index contributed by atoms with van der Waals surface area (Å²) in [5, 5.41) is 6.75. The zero-order valence-electron chi connectivity index (χ0n) is 16.9. The number of hydrogen-bond acceptors (Lipinski definition) is 6. The van der Waals surface area contributed by atoms with Gasteiger partial charge in [0.2, 0.25) is 5.91 Å². The Morgan fingerprint density at radius 3 is 2.31 bits per heavy atom. The summed E-state index contributed by atoms with van der Waals surface area (Å²) in [6.07, 6.45) is 0.0411. The van der Waals surface area contributed by atoms with Gasteiger partial charge < -0.3 is 19.5 Å². The van der Waals surface area contributed by atoms with E-state index < -0.39 is 5.91 Å². The van der Waals surface area contributed by atoms with Gasteiger partial charge in [0.1, 0.15) is 5.75 Å². The fraction of sp³-hybridized carbons (Fsp3) is 0.286. The van der Waals surface area contributed by atoms with Crippen molar-refractivity contribution in [1.29, 1.82) is 0 Å². The van der Waals surface area contributed by atoms with Crippen molar-refractivity contribution in [2.45, 2.75) is 20.3 Å². The number of carbonyl (C=O) groups is 2. The Hall–Kier alpha value is -3.55. The molecule has 0 aliphatic heterocycles. The lowest BCUT2D eigenvalue weighted by Gasteiger charge is -2.09. The Morgan fingerprint density at radius 2 is 1.69 bits per heavy atom. The Kier molecular flexibility index (Phi) is 8.02. The molecule has 0 heterocycles. The number of nitrogens with zero attached hydrogens (tertiary/aromatic N) is 1. The van der Waals surface area contributed by atoms with Crippen molar-refractivity contribution in [2.75, 3.05) is 26.1 Å². The van der Waals surface area contributed by atoms with E-state index in [2.05, 4.69) is 15.8 Å². The Labute approximate surface area is 169 Å². The van der Waals surface area contributed by atoms with Crippen LogP contribution >= 0.6 is 0 Å². The summed E-state index contributed by atoms with van der Waals surface area (Å²) in [6, 6.07) is 11.9. The molecule has 2 aromatic rings. The number of nitrogens with one attached hydrogen (secondary N) is 2. The molecule has 0 fully saturated rings. The van der Waals surface area contributed by atoms with Gasteiger partial charge in [-0.1, -0.05) is 0 Å². The maximum atomic E-state index is 12.3. The molecule has 8 heteroatoms. The summed E-state index contributed by atoms with van der Waals surface area (Å²) < 4.78 is 15.7. The van der Waals surface area contributed by atoms with Gasteiger partial charge in [-0.2, -0.15) is 5.10 Å². The summed E-state index contributed by atoms with van der Waals surface area (Å²) in [5.74, 6) is 1.04. The minimum absolute atomic E-state index is 0.0411. The largest absolute Gasteiger partial charge is 0.494 e. The van der Waals surface area contributed by atoms with Crippen LogP contribution in [0, 0.1) is 0 Å². The molecule has 0 atom stereocenters. The zero-order chi connectivity index (χ0) is 21.2. The average molecular weight is 399 g/mol. The first kappa shape index (κ1) is 21.7. The normalized spacial score (nSPS) is 10.8. The van der Waals surface area contributed by atoms with Crippen molar-refractivity contribution in [1.82, 2.24) is 5.43 Å². The van der Waals surface area contributed by atoms with Crippen molar-refractivity contribution in [3.63, 3.8) is 0 Å². The third-order valence-corrected chi connectivity index (χ3v) is 3.86. The van der Waals surface area contributed by atoms with E-state index in [9.17, 15) is 9.59 Å². The number of ether oxygens (including phenoxy) is 3. The highest BCUT2D eigenvalue weighted by molar-refractivity contribution is 6.06. The number of rotatable bonds is 9. The minimum atomic E-state index is -0.419. The van der Waals surface area contributed by atoms with Crippen LogP contribution in [0.2, 0.25) is 0 Å². The van der Waals surface area contributed by atoms with E-state index in [0.717, 1.165) is 5.75 Å². The summed E-state index contributed by atoms with van der Waals surface area (Å²) in [7, 11) is 3.01. The molecule has 0 aliphatic rings. The van der Waals surface area contributed by atoms with Crippen LogP contribution in [0.1, 0.15) is 30.6 Å². The van der Waals surface area contributed by atoms with Crippen LogP contribution in [0.4, 0.5) is 5.69 Å². The van der Waals surface area contributed by atoms with Gasteiger partial charge in [0.25, 0.3) is 5.91 Å². The van der Waals surface area contributed by atoms with Gasteiger partial charge in [-0.15, -0.1) is 0 Å². The first-order valence-electron chi connectivity index (χ1n) is 9.05. The molecule has 0 radical (unpaired) electrons. The smallest absolute Gasteiger partial charge is 0.271 e. The molecule has 0 saturated carbocycles. The lowest BCUT2D eigenvalue weighted by molar-refractivity contribution is -0.115. The Balaban J connectivity index is 1.90. The topological polar surface area (TPSA) is 98.2 Å². The number of hydrazone groups is 1. The highest BCUT2D eigenvalue weighted by Gasteiger charge is 2.11. The van der Waals surface area contributed by atoms with E-state index in [0.29, 0.717) is 35.1 Å². The molecule has 154 valence electrons. The third-order valence-electron chi connectivity index (χ3n) is 3.86. The fourth-order valence-corrected chi connectivity index (χ4v) is 2.47. The quantitative estimate of drug-likeness (QED) is 0.498. The second kappa shape index (κ2) is 10.7. The minimum Gasteiger partial charge on any atom is -0.494 e. The molecule has 0 saturated heterocycles. The molecule has 0 unspecified atom stereocenters. The number of carbonyl (C=O) groups excluding carboxylic acids is 2. The number of anilines is 1. The monoisotopic (exact) mass is 399 g/mol. The molecule has 0 spiro atoms. The molecular weight excluding hydrogens is 374 g/mol. The van der Waals surface area contributed by atoms with Gasteiger partial charge >= 0.3 is 0 Å². The van der Waals surface area contributed by atoms with Crippen molar-refractivity contribution < 1.29 is 23.8 Å². The summed E-state index contributed by atoms with van der Waals surface area (Å²) in [4.78, 5) is 24.4. The second-order valence-electron chi connectivity index (χ2n) is 6.04. The van der Waals surface area contributed by atoms with E-state index in [4.69, 9.17) is 14.2 Å². The third kappa shape index (κ3) is 6.53. The van der Waals surface area contributed by atoms with Crippen LogP contribution in [-0.4, -0.2) is 38.4 Å².